The normalized spacial score (nSPS) is 13.0. The number of aromatic nitrogens is 3. The van der Waals surface area contributed by atoms with E-state index < -0.39 is 0 Å². The number of carbonyl (C=O) groups excluding carboxylic acids is 2. The second-order valence-corrected chi connectivity index (χ2v) is 8.64. The molecule has 5 rings (SSSR count). The summed E-state index contributed by atoms with van der Waals surface area (Å²) in [6.07, 6.45) is 5.68. The Hall–Kier alpha value is -3.78. The lowest BCUT2D eigenvalue weighted by Gasteiger charge is -2.10. The van der Waals surface area contributed by atoms with Crippen LogP contribution in [0.15, 0.2) is 66.3 Å². The highest BCUT2D eigenvalue weighted by Gasteiger charge is 2.24. The Morgan fingerprint density at radius 1 is 1.09 bits per heavy atom. The maximum atomic E-state index is 12.8. The van der Waals surface area contributed by atoms with E-state index in [0.29, 0.717) is 22.0 Å². The Kier molecular flexibility index (Phi) is 5.28. The molecule has 0 atom stereocenters. The first-order chi connectivity index (χ1) is 15.6. The molecule has 2 heterocycles. The third-order valence-corrected chi connectivity index (χ3v) is 6.14. The van der Waals surface area contributed by atoms with Gasteiger partial charge in [0.2, 0.25) is 0 Å². The molecular formula is C24H21N5O2S. The molecule has 1 fully saturated rings. The van der Waals surface area contributed by atoms with Crippen LogP contribution in [0.3, 0.4) is 0 Å². The largest absolute Gasteiger partial charge is 0.349 e. The Morgan fingerprint density at radius 2 is 1.91 bits per heavy atom. The second kappa shape index (κ2) is 8.39. The number of thiazole rings is 1. The van der Waals surface area contributed by atoms with Crippen molar-refractivity contribution < 1.29 is 9.59 Å². The third-order valence-electron chi connectivity index (χ3n) is 5.25. The summed E-state index contributed by atoms with van der Waals surface area (Å²) >= 11 is 1.39. The molecule has 0 unspecified atom stereocenters. The standard InChI is InChI=1S/C24H21N5O2S/c1-15-7-8-16(22(30)26-18-9-10-18)11-20(15)27-23(31)21-14-32-24(28-21)17-12-25-29(13-17)19-5-3-2-4-6-19/h2-8,11-14,18H,9-10H2,1H3,(H,26,30)(H,27,31). The molecular weight excluding hydrogens is 422 g/mol. The number of hydrogen-bond acceptors (Lipinski definition) is 5. The summed E-state index contributed by atoms with van der Waals surface area (Å²) in [6, 6.07) is 15.4. The molecule has 0 saturated heterocycles. The number of hydrogen-bond donors (Lipinski definition) is 2. The van der Waals surface area contributed by atoms with Gasteiger partial charge in [0.05, 0.1) is 11.9 Å². The van der Waals surface area contributed by atoms with Crippen molar-refractivity contribution in [1.82, 2.24) is 20.1 Å². The van der Waals surface area contributed by atoms with Gasteiger partial charge in [-0.05, 0) is 49.6 Å². The number of carbonyl (C=O) groups is 2. The molecule has 7 nitrogen and oxygen atoms in total. The highest BCUT2D eigenvalue weighted by Crippen LogP contribution is 2.26. The molecule has 4 aromatic rings. The van der Waals surface area contributed by atoms with Crippen LogP contribution in [0.1, 0.15) is 39.3 Å². The zero-order chi connectivity index (χ0) is 22.1. The SMILES string of the molecule is Cc1ccc(C(=O)NC2CC2)cc1NC(=O)c1csc(-c2cnn(-c3ccccc3)c2)n1. The molecule has 2 amide bonds. The minimum atomic E-state index is -0.314. The van der Waals surface area contributed by atoms with Crippen molar-refractivity contribution in [2.75, 3.05) is 5.32 Å². The van der Waals surface area contributed by atoms with Crippen LogP contribution in [0.5, 0.6) is 0 Å². The summed E-state index contributed by atoms with van der Waals surface area (Å²) in [5, 5.41) is 12.7. The summed E-state index contributed by atoms with van der Waals surface area (Å²) in [5.74, 6) is -0.430. The number of para-hydroxylation sites is 1. The Labute approximate surface area is 189 Å². The molecule has 8 heteroatoms. The molecule has 1 saturated carbocycles. The van der Waals surface area contributed by atoms with Gasteiger partial charge in [0.15, 0.2) is 0 Å². The van der Waals surface area contributed by atoms with Gasteiger partial charge in [0, 0.05) is 34.4 Å². The lowest BCUT2D eigenvalue weighted by atomic mass is 10.1. The predicted molar refractivity (Wildman–Crippen MR) is 124 cm³/mol. The number of amides is 2. The smallest absolute Gasteiger partial charge is 0.275 e. The molecule has 0 radical (unpaired) electrons. The average Bonchev–Trinajstić information content (AvgIpc) is 3.28. The van der Waals surface area contributed by atoms with Crippen LogP contribution < -0.4 is 10.6 Å². The quantitative estimate of drug-likeness (QED) is 0.461. The fourth-order valence-electron chi connectivity index (χ4n) is 3.25. The topological polar surface area (TPSA) is 88.9 Å². The van der Waals surface area contributed by atoms with E-state index in [1.165, 1.54) is 11.3 Å². The van der Waals surface area contributed by atoms with Gasteiger partial charge in [0.25, 0.3) is 11.8 Å². The van der Waals surface area contributed by atoms with Crippen molar-refractivity contribution >= 4 is 28.8 Å². The van der Waals surface area contributed by atoms with Crippen molar-refractivity contribution in [3.8, 4) is 16.3 Å². The van der Waals surface area contributed by atoms with Gasteiger partial charge in [0.1, 0.15) is 10.7 Å². The van der Waals surface area contributed by atoms with Crippen molar-refractivity contribution in [1.29, 1.82) is 0 Å². The van der Waals surface area contributed by atoms with Crippen molar-refractivity contribution in [3.63, 3.8) is 0 Å². The summed E-state index contributed by atoms with van der Waals surface area (Å²) in [5.41, 5.74) is 4.13. The zero-order valence-corrected chi connectivity index (χ0v) is 18.2. The Bertz CT molecular complexity index is 1290. The molecule has 0 bridgehead atoms. The molecule has 1 aliphatic carbocycles. The molecule has 0 aliphatic heterocycles. The minimum absolute atomic E-state index is 0.116. The summed E-state index contributed by atoms with van der Waals surface area (Å²) < 4.78 is 1.78. The van der Waals surface area contributed by atoms with Crippen LogP contribution in [0, 0.1) is 6.92 Å². The van der Waals surface area contributed by atoms with E-state index in [1.54, 1.807) is 28.4 Å². The first kappa shape index (κ1) is 20.1. The highest BCUT2D eigenvalue weighted by atomic mass is 32.1. The lowest BCUT2D eigenvalue weighted by molar-refractivity contribution is 0.0949. The molecule has 0 spiro atoms. The number of benzene rings is 2. The lowest BCUT2D eigenvalue weighted by Crippen LogP contribution is -2.25. The van der Waals surface area contributed by atoms with E-state index in [0.717, 1.165) is 29.7 Å². The number of rotatable bonds is 6. The van der Waals surface area contributed by atoms with Gasteiger partial charge in [-0.3, -0.25) is 9.59 Å². The molecule has 2 aromatic heterocycles. The monoisotopic (exact) mass is 443 g/mol. The van der Waals surface area contributed by atoms with Crippen molar-refractivity contribution in [2.45, 2.75) is 25.8 Å². The van der Waals surface area contributed by atoms with E-state index in [9.17, 15) is 9.59 Å². The maximum Gasteiger partial charge on any atom is 0.275 e. The zero-order valence-electron chi connectivity index (χ0n) is 17.4. The number of nitrogens with zero attached hydrogens (tertiary/aromatic N) is 3. The van der Waals surface area contributed by atoms with E-state index >= 15 is 0 Å². The van der Waals surface area contributed by atoms with Crippen LogP contribution in [0.4, 0.5) is 5.69 Å². The molecule has 2 aromatic carbocycles. The summed E-state index contributed by atoms with van der Waals surface area (Å²) in [7, 11) is 0. The highest BCUT2D eigenvalue weighted by molar-refractivity contribution is 7.13. The maximum absolute atomic E-state index is 12.8. The fourth-order valence-corrected chi connectivity index (χ4v) is 4.02. The van der Waals surface area contributed by atoms with Crippen LogP contribution in [0.2, 0.25) is 0 Å². The van der Waals surface area contributed by atoms with E-state index in [-0.39, 0.29) is 17.9 Å². The van der Waals surface area contributed by atoms with Crippen LogP contribution in [-0.4, -0.2) is 32.6 Å². The van der Waals surface area contributed by atoms with Gasteiger partial charge in [-0.15, -0.1) is 11.3 Å². The number of aryl methyl sites for hydroxylation is 1. The van der Waals surface area contributed by atoms with E-state index in [4.69, 9.17) is 0 Å². The van der Waals surface area contributed by atoms with Gasteiger partial charge in [-0.1, -0.05) is 24.3 Å². The fraction of sp³-hybridized carbons (Fsp3) is 0.167. The van der Waals surface area contributed by atoms with Gasteiger partial charge >= 0.3 is 0 Å². The minimum Gasteiger partial charge on any atom is -0.349 e. The first-order valence-electron chi connectivity index (χ1n) is 10.4. The molecule has 32 heavy (non-hydrogen) atoms. The third kappa shape index (κ3) is 4.31. The number of nitrogens with one attached hydrogen (secondary N) is 2. The van der Waals surface area contributed by atoms with Gasteiger partial charge in [-0.25, -0.2) is 9.67 Å². The van der Waals surface area contributed by atoms with E-state index in [2.05, 4.69) is 20.7 Å². The second-order valence-electron chi connectivity index (χ2n) is 7.78. The van der Waals surface area contributed by atoms with Crippen LogP contribution in [0.25, 0.3) is 16.3 Å². The van der Waals surface area contributed by atoms with Crippen LogP contribution >= 0.6 is 11.3 Å². The Balaban J connectivity index is 1.31. The molecule has 1 aliphatic rings. The predicted octanol–water partition coefficient (Wildman–Crippen LogP) is 4.45. The number of anilines is 1. The first-order valence-corrected chi connectivity index (χ1v) is 11.2. The summed E-state index contributed by atoms with van der Waals surface area (Å²) in [6.45, 7) is 1.89. The Morgan fingerprint density at radius 3 is 2.69 bits per heavy atom. The molecule has 2 N–H and O–H groups in total. The van der Waals surface area contributed by atoms with Gasteiger partial charge < -0.3 is 10.6 Å². The van der Waals surface area contributed by atoms with Crippen molar-refractivity contribution in [2.24, 2.45) is 0 Å². The van der Waals surface area contributed by atoms with E-state index in [1.807, 2.05) is 49.5 Å². The van der Waals surface area contributed by atoms with Crippen LogP contribution in [-0.2, 0) is 0 Å². The average molecular weight is 444 g/mol. The molecule has 160 valence electrons. The summed E-state index contributed by atoms with van der Waals surface area (Å²) in [4.78, 5) is 29.6. The van der Waals surface area contributed by atoms with Gasteiger partial charge in [-0.2, -0.15) is 5.10 Å². The van der Waals surface area contributed by atoms with Crippen molar-refractivity contribution in [3.05, 3.63) is 83.1 Å².